The van der Waals surface area contributed by atoms with E-state index in [2.05, 4.69) is 10.1 Å². The Labute approximate surface area is 86.8 Å². The predicted molar refractivity (Wildman–Crippen MR) is 52.6 cm³/mol. The van der Waals surface area contributed by atoms with Crippen LogP contribution in [0.5, 0.6) is 0 Å². The predicted octanol–water partition coefficient (Wildman–Crippen LogP) is -0.0775. The first-order valence-electron chi connectivity index (χ1n) is 4.07. The quantitative estimate of drug-likeness (QED) is 0.496. The summed E-state index contributed by atoms with van der Waals surface area (Å²) in [6.07, 6.45) is 0. The van der Waals surface area contributed by atoms with Crippen LogP contribution in [0.2, 0.25) is 0 Å². The van der Waals surface area contributed by atoms with E-state index in [1.165, 1.54) is 11.8 Å². The maximum absolute atomic E-state index is 11.0. The molecule has 0 aromatic rings. The summed E-state index contributed by atoms with van der Waals surface area (Å²) in [6, 6.07) is 1.90. The molecule has 0 fully saturated rings. The zero-order chi connectivity index (χ0) is 10.8. The summed E-state index contributed by atoms with van der Waals surface area (Å²) in [5, 5.41) is 10.6. The molecule has 1 N–H and O–H groups in total. The SMILES string of the molecule is CCOC(=O)CNC(=O)CSCC#N. The largest absolute Gasteiger partial charge is 0.465 e. The molecule has 6 heteroatoms. The summed E-state index contributed by atoms with van der Waals surface area (Å²) >= 11 is 1.20. The summed E-state index contributed by atoms with van der Waals surface area (Å²) in [5.41, 5.74) is 0. The molecular weight excluding hydrogens is 204 g/mol. The molecule has 78 valence electrons. The van der Waals surface area contributed by atoms with Gasteiger partial charge in [-0.3, -0.25) is 9.59 Å². The van der Waals surface area contributed by atoms with E-state index in [4.69, 9.17) is 5.26 Å². The fourth-order valence-electron chi connectivity index (χ4n) is 0.623. The minimum atomic E-state index is -0.453. The molecule has 0 saturated heterocycles. The van der Waals surface area contributed by atoms with Crippen LogP contribution in [0.25, 0.3) is 0 Å². The standard InChI is InChI=1S/C8H12N2O3S/c1-2-13-8(12)5-10-7(11)6-14-4-3-9/h2,4-6H2,1H3,(H,10,11). The number of nitrogens with one attached hydrogen (secondary N) is 1. The van der Waals surface area contributed by atoms with Gasteiger partial charge in [0.2, 0.25) is 5.91 Å². The van der Waals surface area contributed by atoms with Crippen LogP contribution >= 0.6 is 11.8 Å². The van der Waals surface area contributed by atoms with E-state index in [1.54, 1.807) is 6.92 Å². The third-order valence-electron chi connectivity index (χ3n) is 1.13. The van der Waals surface area contributed by atoms with Crippen LogP contribution in [0.15, 0.2) is 0 Å². The van der Waals surface area contributed by atoms with Crippen molar-refractivity contribution in [3.63, 3.8) is 0 Å². The van der Waals surface area contributed by atoms with E-state index in [-0.39, 0.29) is 24.0 Å². The molecule has 0 atom stereocenters. The Kier molecular flexibility index (Phi) is 7.65. The van der Waals surface area contributed by atoms with E-state index in [9.17, 15) is 9.59 Å². The molecule has 0 saturated carbocycles. The Morgan fingerprint density at radius 2 is 2.29 bits per heavy atom. The van der Waals surface area contributed by atoms with Crippen molar-refractivity contribution in [3.05, 3.63) is 0 Å². The van der Waals surface area contributed by atoms with E-state index in [0.717, 1.165) is 0 Å². The number of hydrogen-bond donors (Lipinski definition) is 1. The van der Waals surface area contributed by atoms with Crippen LogP contribution in [0.1, 0.15) is 6.92 Å². The number of nitrogens with zero attached hydrogens (tertiary/aromatic N) is 1. The van der Waals surface area contributed by atoms with Crippen molar-refractivity contribution in [2.45, 2.75) is 6.92 Å². The average Bonchev–Trinajstić information content (AvgIpc) is 2.16. The molecule has 0 aromatic heterocycles. The van der Waals surface area contributed by atoms with Crippen molar-refractivity contribution >= 4 is 23.6 Å². The first-order valence-corrected chi connectivity index (χ1v) is 5.23. The Bertz CT molecular complexity index is 237. The van der Waals surface area contributed by atoms with Crippen molar-refractivity contribution in [2.24, 2.45) is 0 Å². The van der Waals surface area contributed by atoms with E-state index < -0.39 is 5.97 Å². The van der Waals surface area contributed by atoms with Crippen LogP contribution in [-0.4, -0.2) is 36.5 Å². The number of ether oxygens (including phenoxy) is 1. The highest BCUT2D eigenvalue weighted by Crippen LogP contribution is 1.96. The van der Waals surface area contributed by atoms with Crippen LogP contribution in [0.3, 0.4) is 0 Å². The molecule has 0 aliphatic heterocycles. The number of carbonyl (C=O) groups is 2. The fourth-order valence-corrected chi connectivity index (χ4v) is 1.10. The molecule has 0 aliphatic carbocycles. The van der Waals surface area contributed by atoms with E-state index in [1.807, 2.05) is 6.07 Å². The van der Waals surface area contributed by atoms with Crippen molar-refractivity contribution in [3.8, 4) is 6.07 Å². The van der Waals surface area contributed by atoms with Gasteiger partial charge in [0.1, 0.15) is 6.54 Å². The summed E-state index contributed by atoms with van der Waals surface area (Å²) in [6.45, 7) is 1.89. The summed E-state index contributed by atoms with van der Waals surface area (Å²) in [5.74, 6) is -0.260. The molecule has 0 rings (SSSR count). The molecule has 0 heterocycles. The second-order valence-corrected chi connectivity index (χ2v) is 3.22. The van der Waals surface area contributed by atoms with Gasteiger partial charge < -0.3 is 10.1 Å². The summed E-state index contributed by atoms with van der Waals surface area (Å²) in [4.78, 5) is 21.8. The van der Waals surface area contributed by atoms with Crippen molar-refractivity contribution < 1.29 is 14.3 Å². The van der Waals surface area contributed by atoms with Gasteiger partial charge in [-0.25, -0.2) is 0 Å². The minimum Gasteiger partial charge on any atom is -0.465 e. The first-order chi connectivity index (χ1) is 6.70. The highest BCUT2D eigenvalue weighted by molar-refractivity contribution is 8.00. The minimum absolute atomic E-state index is 0.111. The molecule has 0 radical (unpaired) electrons. The highest BCUT2D eigenvalue weighted by Gasteiger charge is 2.05. The third kappa shape index (κ3) is 7.43. The van der Waals surface area contributed by atoms with Crippen LogP contribution in [0.4, 0.5) is 0 Å². The number of carbonyl (C=O) groups excluding carboxylic acids is 2. The average molecular weight is 216 g/mol. The highest BCUT2D eigenvalue weighted by atomic mass is 32.2. The lowest BCUT2D eigenvalue weighted by Gasteiger charge is -2.03. The Hall–Kier alpha value is -1.22. The molecule has 14 heavy (non-hydrogen) atoms. The van der Waals surface area contributed by atoms with E-state index in [0.29, 0.717) is 6.61 Å². The van der Waals surface area contributed by atoms with Gasteiger partial charge in [0, 0.05) is 0 Å². The maximum atomic E-state index is 11.0. The van der Waals surface area contributed by atoms with Gasteiger partial charge in [-0.2, -0.15) is 5.26 Å². The van der Waals surface area contributed by atoms with Gasteiger partial charge in [-0.15, -0.1) is 11.8 Å². The molecule has 0 unspecified atom stereocenters. The number of nitriles is 1. The molecular formula is C8H12N2O3S. The van der Waals surface area contributed by atoms with Gasteiger partial charge in [0.15, 0.2) is 0 Å². The van der Waals surface area contributed by atoms with Gasteiger partial charge in [-0.05, 0) is 6.92 Å². The molecule has 5 nitrogen and oxygen atoms in total. The third-order valence-corrected chi connectivity index (χ3v) is 1.93. The number of hydrogen-bond acceptors (Lipinski definition) is 5. The lowest BCUT2D eigenvalue weighted by Crippen LogP contribution is -2.31. The van der Waals surface area contributed by atoms with Gasteiger partial charge in [-0.1, -0.05) is 0 Å². The normalized spacial score (nSPS) is 8.86. The lowest BCUT2D eigenvalue weighted by molar-refractivity contribution is -0.143. The van der Waals surface area contributed by atoms with Crippen molar-refractivity contribution in [2.75, 3.05) is 24.7 Å². The summed E-state index contributed by atoms with van der Waals surface area (Å²) < 4.78 is 4.61. The van der Waals surface area contributed by atoms with Crippen molar-refractivity contribution in [1.29, 1.82) is 5.26 Å². The monoisotopic (exact) mass is 216 g/mol. The van der Waals surface area contributed by atoms with Crippen LogP contribution in [-0.2, 0) is 14.3 Å². The molecule has 0 bridgehead atoms. The Morgan fingerprint density at radius 1 is 1.57 bits per heavy atom. The van der Waals surface area contributed by atoms with E-state index >= 15 is 0 Å². The second-order valence-electron chi connectivity index (χ2n) is 2.23. The lowest BCUT2D eigenvalue weighted by atomic mass is 10.6. The smallest absolute Gasteiger partial charge is 0.325 e. The first kappa shape index (κ1) is 12.8. The maximum Gasteiger partial charge on any atom is 0.325 e. The van der Waals surface area contributed by atoms with Gasteiger partial charge >= 0.3 is 5.97 Å². The zero-order valence-electron chi connectivity index (χ0n) is 7.91. The van der Waals surface area contributed by atoms with Gasteiger partial charge in [0.25, 0.3) is 0 Å². The fraction of sp³-hybridized carbons (Fsp3) is 0.625. The number of esters is 1. The van der Waals surface area contributed by atoms with Gasteiger partial charge in [0.05, 0.1) is 24.2 Å². The number of rotatable bonds is 6. The zero-order valence-corrected chi connectivity index (χ0v) is 8.73. The molecule has 0 spiro atoms. The number of amides is 1. The molecule has 0 aliphatic rings. The topological polar surface area (TPSA) is 79.2 Å². The van der Waals surface area contributed by atoms with Crippen molar-refractivity contribution in [1.82, 2.24) is 5.32 Å². The Morgan fingerprint density at radius 3 is 2.86 bits per heavy atom. The van der Waals surface area contributed by atoms with Crippen LogP contribution < -0.4 is 5.32 Å². The molecule has 1 amide bonds. The summed E-state index contributed by atoms with van der Waals surface area (Å²) in [7, 11) is 0. The second kappa shape index (κ2) is 8.38. The Balaban J connectivity index is 3.44. The van der Waals surface area contributed by atoms with Crippen LogP contribution in [0, 0.1) is 11.3 Å². The molecule has 0 aromatic carbocycles. The number of thioether (sulfide) groups is 1.